The fraction of sp³-hybridized carbons (Fsp3) is 0.300. The Morgan fingerprint density at radius 2 is 2.06 bits per heavy atom. The maximum absolute atomic E-state index is 12.6. The SMILES string of the molecule is CC(N)c1cc(C(F)(F)F)cc2[nH]cnc12. The molecule has 1 aromatic heterocycles. The van der Waals surface area contributed by atoms with Crippen molar-refractivity contribution >= 4 is 11.0 Å². The molecule has 86 valence electrons. The number of H-pyrrole nitrogens is 1. The molecule has 0 aliphatic carbocycles. The van der Waals surface area contributed by atoms with Crippen LogP contribution >= 0.6 is 0 Å². The number of aromatic amines is 1. The van der Waals surface area contributed by atoms with Gasteiger partial charge in [-0.3, -0.25) is 0 Å². The van der Waals surface area contributed by atoms with Crippen molar-refractivity contribution in [3.63, 3.8) is 0 Å². The van der Waals surface area contributed by atoms with Gasteiger partial charge >= 0.3 is 6.18 Å². The smallest absolute Gasteiger partial charge is 0.345 e. The number of nitrogens with two attached hydrogens (primary N) is 1. The van der Waals surface area contributed by atoms with Gasteiger partial charge in [-0.05, 0) is 24.6 Å². The Balaban J connectivity index is 2.71. The zero-order chi connectivity index (χ0) is 11.9. The summed E-state index contributed by atoms with van der Waals surface area (Å²) in [5, 5.41) is 0. The molecular weight excluding hydrogens is 219 g/mol. The second kappa shape index (κ2) is 3.48. The van der Waals surface area contributed by atoms with Gasteiger partial charge in [0.1, 0.15) is 0 Å². The van der Waals surface area contributed by atoms with Crippen molar-refractivity contribution in [2.75, 3.05) is 0 Å². The van der Waals surface area contributed by atoms with Gasteiger partial charge in [-0.25, -0.2) is 4.98 Å². The molecule has 0 amide bonds. The number of alkyl halides is 3. The minimum absolute atomic E-state index is 0.349. The van der Waals surface area contributed by atoms with Crippen LogP contribution in [0.1, 0.15) is 24.1 Å². The summed E-state index contributed by atoms with van der Waals surface area (Å²) in [6.07, 6.45) is -3.01. The molecular formula is C10H10F3N3. The number of imidazole rings is 1. The van der Waals surface area contributed by atoms with Crippen LogP contribution in [-0.4, -0.2) is 9.97 Å². The molecule has 2 rings (SSSR count). The quantitative estimate of drug-likeness (QED) is 0.789. The number of nitrogens with zero attached hydrogens (tertiary/aromatic N) is 1. The van der Waals surface area contributed by atoms with Gasteiger partial charge in [0.15, 0.2) is 0 Å². The van der Waals surface area contributed by atoms with Crippen molar-refractivity contribution < 1.29 is 13.2 Å². The van der Waals surface area contributed by atoms with Crippen molar-refractivity contribution in [3.05, 3.63) is 29.6 Å². The number of hydrogen-bond acceptors (Lipinski definition) is 2. The van der Waals surface area contributed by atoms with Gasteiger partial charge in [0.05, 0.1) is 22.9 Å². The second-order valence-electron chi connectivity index (χ2n) is 3.65. The molecule has 0 aliphatic rings. The second-order valence-corrected chi connectivity index (χ2v) is 3.65. The maximum Gasteiger partial charge on any atom is 0.416 e. The van der Waals surface area contributed by atoms with Crippen LogP contribution in [0, 0.1) is 0 Å². The summed E-state index contributed by atoms with van der Waals surface area (Å²) in [6, 6.07) is 1.59. The Labute approximate surface area is 89.5 Å². The van der Waals surface area contributed by atoms with Crippen molar-refractivity contribution in [2.45, 2.75) is 19.1 Å². The number of halogens is 3. The van der Waals surface area contributed by atoms with E-state index in [0.717, 1.165) is 12.1 Å². The van der Waals surface area contributed by atoms with E-state index in [9.17, 15) is 13.2 Å². The molecule has 1 atom stereocenters. The van der Waals surface area contributed by atoms with Gasteiger partial charge in [0, 0.05) is 6.04 Å². The molecule has 1 aromatic carbocycles. The van der Waals surface area contributed by atoms with E-state index in [1.54, 1.807) is 6.92 Å². The summed E-state index contributed by atoms with van der Waals surface area (Å²) < 4.78 is 37.8. The van der Waals surface area contributed by atoms with Gasteiger partial charge in [-0.2, -0.15) is 13.2 Å². The highest BCUT2D eigenvalue weighted by molar-refractivity contribution is 5.79. The first-order valence-corrected chi connectivity index (χ1v) is 4.69. The highest BCUT2D eigenvalue weighted by Gasteiger charge is 2.32. The molecule has 0 spiro atoms. The molecule has 16 heavy (non-hydrogen) atoms. The Hall–Kier alpha value is -1.56. The molecule has 1 heterocycles. The monoisotopic (exact) mass is 229 g/mol. The Kier molecular flexibility index (Phi) is 2.38. The fourth-order valence-corrected chi connectivity index (χ4v) is 1.59. The number of rotatable bonds is 1. The Morgan fingerprint density at radius 1 is 1.38 bits per heavy atom. The summed E-state index contributed by atoms with van der Waals surface area (Å²) in [4.78, 5) is 6.62. The molecule has 0 bridgehead atoms. The van der Waals surface area contributed by atoms with Crippen LogP contribution in [0.5, 0.6) is 0 Å². The minimum atomic E-state index is -4.37. The van der Waals surface area contributed by atoms with Crippen LogP contribution in [0.15, 0.2) is 18.5 Å². The van der Waals surface area contributed by atoms with E-state index in [0.29, 0.717) is 16.6 Å². The first kappa shape index (κ1) is 10.9. The predicted molar refractivity (Wildman–Crippen MR) is 53.7 cm³/mol. The number of hydrogen-bond donors (Lipinski definition) is 2. The first-order chi connectivity index (χ1) is 7.39. The van der Waals surface area contributed by atoms with Gasteiger partial charge in [0.25, 0.3) is 0 Å². The Morgan fingerprint density at radius 3 is 2.62 bits per heavy atom. The van der Waals surface area contributed by atoms with E-state index in [1.165, 1.54) is 6.33 Å². The van der Waals surface area contributed by atoms with Crippen molar-refractivity contribution in [1.82, 2.24) is 9.97 Å². The molecule has 0 fully saturated rings. The molecule has 0 radical (unpaired) electrons. The maximum atomic E-state index is 12.6. The van der Waals surface area contributed by atoms with Crippen LogP contribution in [0.25, 0.3) is 11.0 Å². The summed E-state index contributed by atoms with van der Waals surface area (Å²) in [5.41, 5.74) is 6.15. The largest absolute Gasteiger partial charge is 0.416 e. The molecule has 1 unspecified atom stereocenters. The molecule has 0 saturated heterocycles. The third-order valence-electron chi connectivity index (χ3n) is 2.37. The highest BCUT2D eigenvalue weighted by Crippen LogP contribution is 2.33. The van der Waals surface area contributed by atoms with Gasteiger partial charge in [0.2, 0.25) is 0 Å². The lowest BCUT2D eigenvalue weighted by atomic mass is 10.0. The minimum Gasteiger partial charge on any atom is -0.345 e. The lowest BCUT2D eigenvalue weighted by Gasteiger charge is -2.11. The number of nitrogens with one attached hydrogen (secondary N) is 1. The van der Waals surface area contributed by atoms with E-state index in [1.807, 2.05) is 0 Å². The lowest BCUT2D eigenvalue weighted by molar-refractivity contribution is -0.137. The molecule has 0 aliphatic heterocycles. The summed E-state index contributed by atoms with van der Waals surface area (Å²) in [7, 11) is 0. The molecule has 0 saturated carbocycles. The number of benzene rings is 1. The fourth-order valence-electron chi connectivity index (χ4n) is 1.59. The Bertz CT molecular complexity index is 513. The van der Waals surface area contributed by atoms with E-state index < -0.39 is 17.8 Å². The van der Waals surface area contributed by atoms with E-state index in [2.05, 4.69) is 9.97 Å². The molecule has 6 heteroatoms. The normalized spacial score (nSPS) is 14.3. The van der Waals surface area contributed by atoms with Gasteiger partial charge < -0.3 is 10.7 Å². The summed E-state index contributed by atoms with van der Waals surface area (Å²) in [5.74, 6) is 0. The van der Waals surface area contributed by atoms with Gasteiger partial charge in [-0.1, -0.05) is 0 Å². The lowest BCUT2D eigenvalue weighted by Crippen LogP contribution is -2.10. The topological polar surface area (TPSA) is 54.7 Å². The van der Waals surface area contributed by atoms with Crippen LogP contribution in [0.4, 0.5) is 13.2 Å². The summed E-state index contributed by atoms with van der Waals surface area (Å²) >= 11 is 0. The molecule has 3 N–H and O–H groups in total. The zero-order valence-electron chi connectivity index (χ0n) is 8.47. The standard InChI is InChI=1S/C10H10F3N3/c1-5(14)7-2-6(10(11,12)13)3-8-9(7)16-4-15-8/h2-5H,14H2,1H3,(H,15,16). The number of fused-ring (bicyclic) bond motifs is 1. The van der Waals surface area contributed by atoms with Crippen LogP contribution < -0.4 is 5.73 Å². The van der Waals surface area contributed by atoms with E-state index in [-0.39, 0.29) is 0 Å². The average molecular weight is 229 g/mol. The van der Waals surface area contributed by atoms with Gasteiger partial charge in [-0.15, -0.1) is 0 Å². The zero-order valence-corrected chi connectivity index (χ0v) is 8.47. The first-order valence-electron chi connectivity index (χ1n) is 4.69. The third-order valence-corrected chi connectivity index (χ3v) is 2.37. The predicted octanol–water partition coefficient (Wildman–Crippen LogP) is 2.60. The van der Waals surface area contributed by atoms with E-state index >= 15 is 0 Å². The average Bonchev–Trinajstić information content (AvgIpc) is 2.61. The van der Waals surface area contributed by atoms with Crippen LogP contribution in [0.3, 0.4) is 0 Å². The summed E-state index contributed by atoms with van der Waals surface area (Å²) in [6.45, 7) is 1.63. The molecule has 3 nitrogen and oxygen atoms in total. The van der Waals surface area contributed by atoms with E-state index in [4.69, 9.17) is 5.73 Å². The molecule has 2 aromatic rings. The van der Waals surface area contributed by atoms with Crippen molar-refractivity contribution in [3.8, 4) is 0 Å². The van der Waals surface area contributed by atoms with Crippen molar-refractivity contribution in [1.29, 1.82) is 0 Å². The third kappa shape index (κ3) is 1.76. The van der Waals surface area contributed by atoms with Crippen LogP contribution in [0.2, 0.25) is 0 Å². The number of aromatic nitrogens is 2. The van der Waals surface area contributed by atoms with Crippen LogP contribution in [-0.2, 0) is 6.18 Å². The van der Waals surface area contributed by atoms with Crippen molar-refractivity contribution in [2.24, 2.45) is 5.73 Å². The highest BCUT2D eigenvalue weighted by atomic mass is 19.4.